The Morgan fingerprint density at radius 1 is 0.786 bits per heavy atom. The average molecular weight is 573 g/mol. The van der Waals surface area contributed by atoms with Crippen LogP contribution in [0.5, 0.6) is 5.75 Å². The van der Waals surface area contributed by atoms with Gasteiger partial charge in [0.05, 0.1) is 11.4 Å². The maximum absolute atomic E-state index is 14.1. The van der Waals surface area contributed by atoms with Gasteiger partial charge in [-0.05, 0) is 86.1 Å². The number of phenols is 1. The lowest BCUT2D eigenvalue weighted by molar-refractivity contribution is -0.135. The molecule has 222 valence electrons. The first-order chi connectivity index (χ1) is 20.4. The molecular weight excluding hydrogens is 532 g/mol. The van der Waals surface area contributed by atoms with Crippen LogP contribution in [0.2, 0.25) is 0 Å². The second-order valence-corrected chi connectivity index (χ2v) is 12.6. The van der Waals surface area contributed by atoms with E-state index in [4.69, 9.17) is 0 Å². The number of carbonyl (C=O) groups is 4. The van der Waals surface area contributed by atoms with Crippen LogP contribution in [0.3, 0.4) is 0 Å². The number of anilines is 2. The highest BCUT2D eigenvalue weighted by atomic mass is 16.3. The molecule has 3 aliphatic carbocycles. The molecule has 9 heteroatoms. The van der Waals surface area contributed by atoms with Gasteiger partial charge in [0.25, 0.3) is 11.8 Å². The molecule has 1 atom stereocenters. The minimum absolute atomic E-state index is 0.103. The van der Waals surface area contributed by atoms with Gasteiger partial charge >= 0.3 is 0 Å². The van der Waals surface area contributed by atoms with Crippen LogP contribution in [0.25, 0.3) is 0 Å². The van der Waals surface area contributed by atoms with Gasteiger partial charge in [-0.2, -0.15) is 0 Å². The lowest BCUT2D eigenvalue weighted by Crippen LogP contribution is -2.59. The number of carbonyl (C=O) groups excluding carboxylic acids is 4. The summed E-state index contributed by atoms with van der Waals surface area (Å²) in [5, 5.41) is 15.4. The number of fused-ring (bicyclic) bond motifs is 1. The smallest absolute Gasteiger partial charge is 0.259 e. The first kappa shape index (κ1) is 28.2. The summed E-state index contributed by atoms with van der Waals surface area (Å²) in [4.78, 5) is 58.5. The number of rotatable bonds is 11. The lowest BCUT2D eigenvalue weighted by atomic mass is 10.0. The van der Waals surface area contributed by atoms with Gasteiger partial charge in [-0.25, -0.2) is 0 Å². The summed E-state index contributed by atoms with van der Waals surface area (Å²) in [5.74, 6) is -0.501. The summed E-state index contributed by atoms with van der Waals surface area (Å²) in [6.45, 7) is 1.00. The van der Waals surface area contributed by atoms with Crippen molar-refractivity contribution in [3.05, 3.63) is 54.1 Å². The fraction of sp³-hybridized carbons (Fsp3) is 0.515. The summed E-state index contributed by atoms with van der Waals surface area (Å²) in [5.41, 5.74) is 2.14. The fourth-order valence-corrected chi connectivity index (χ4v) is 6.24. The van der Waals surface area contributed by atoms with Crippen molar-refractivity contribution >= 4 is 35.0 Å². The van der Waals surface area contributed by atoms with Gasteiger partial charge in [0, 0.05) is 25.9 Å². The quantitative estimate of drug-likeness (QED) is 0.355. The van der Waals surface area contributed by atoms with Crippen molar-refractivity contribution in [2.24, 2.45) is 17.8 Å². The van der Waals surface area contributed by atoms with Gasteiger partial charge < -0.3 is 25.5 Å². The van der Waals surface area contributed by atoms with Crippen LogP contribution in [-0.4, -0.2) is 53.9 Å². The number of hydrogen-bond donors (Lipinski definition) is 3. The van der Waals surface area contributed by atoms with E-state index in [1.54, 1.807) is 21.9 Å². The van der Waals surface area contributed by atoms with Crippen LogP contribution < -0.4 is 20.4 Å². The highest BCUT2D eigenvalue weighted by Crippen LogP contribution is 2.40. The Balaban J connectivity index is 1.26. The summed E-state index contributed by atoms with van der Waals surface area (Å²) in [6, 6.07) is 11.6. The maximum atomic E-state index is 14.1. The van der Waals surface area contributed by atoms with Gasteiger partial charge in [0.2, 0.25) is 11.8 Å². The van der Waals surface area contributed by atoms with Crippen molar-refractivity contribution in [1.82, 2.24) is 10.6 Å². The van der Waals surface area contributed by atoms with E-state index in [1.807, 2.05) is 24.3 Å². The minimum atomic E-state index is -1.39. The van der Waals surface area contributed by atoms with Crippen LogP contribution in [0.4, 0.5) is 11.4 Å². The van der Waals surface area contributed by atoms with Crippen molar-refractivity contribution in [3.8, 4) is 5.75 Å². The molecule has 3 saturated carbocycles. The molecule has 3 N–H and O–H groups in total. The Morgan fingerprint density at radius 3 is 1.86 bits per heavy atom. The molecule has 0 unspecified atom stereocenters. The van der Waals surface area contributed by atoms with Crippen LogP contribution in [0, 0.1) is 17.8 Å². The molecule has 9 nitrogen and oxygen atoms in total. The van der Waals surface area contributed by atoms with E-state index in [0.29, 0.717) is 48.6 Å². The molecule has 3 fully saturated rings. The number of aromatic hydroxyl groups is 1. The van der Waals surface area contributed by atoms with Gasteiger partial charge in [0.1, 0.15) is 11.8 Å². The third-order valence-corrected chi connectivity index (χ3v) is 9.03. The lowest BCUT2D eigenvalue weighted by Gasteiger charge is -2.27. The summed E-state index contributed by atoms with van der Waals surface area (Å²) < 4.78 is 0. The third kappa shape index (κ3) is 6.61. The van der Waals surface area contributed by atoms with Gasteiger partial charge in [-0.3, -0.25) is 19.2 Å². The van der Waals surface area contributed by atoms with Crippen molar-refractivity contribution in [2.45, 2.75) is 76.3 Å². The van der Waals surface area contributed by atoms with E-state index in [0.717, 1.165) is 56.9 Å². The maximum Gasteiger partial charge on any atom is 0.259 e. The molecule has 4 aliphatic rings. The molecule has 6 rings (SSSR count). The molecule has 0 saturated heterocycles. The molecule has 0 aromatic heterocycles. The van der Waals surface area contributed by atoms with Crippen molar-refractivity contribution in [2.75, 3.05) is 22.9 Å². The Labute approximate surface area is 246 Å². The molecular formula is C33H40N4O5. The number of para-hydroxylation sites is 2. The second-order valence-electron chi connectivity index (χ2n) is 12.6. The van der Waals surface area contributed by atoms with E-state index in [-0.39, 0.29) is 18.1 Å². The van der Waals surface area contributed by atoms with Crippen LogP contribution >= 0.6 is 0 Å². The zero-order valence-corrected chi connectivity index (χ0v) is 24.0. The van der Waals surface area contributed by atoms with Crippen LogP contribution in [-0.2, 0) is 25.6 Å². The highest BCUT2D eigenvalue weighted by molar-refractivity contribution is 6.21. The molecule has 0 bridgehead atoms. The van der Waals surface area contributed by atoms with Gasteiger partial charge in [0.15, 0.2) is 6.04 Å². The van der Waals surface area contributed by atoms with E-state index in [9.17, 15) is 24.3 Å². The fourth-order valence-electron chi connectivity index (χ4n) is 6.24. The van der Waals surface area contributed by atoms with Crippen LogP contribution in [0.15, 0.2) is 48.5 Å². The normalized spacial score (nSPS) is 20.3. The number of nitrogens with one attached hydrogen (secondary N) is 2. The zero-order chi connectivity index (χ0) is 29.2. The highest BCUT2D eigenvalue weighted by Gasteiger charge is 2.44. The molecule has 42 heavy (non-hydrogen) atoms. The summed E-state index contributed by atoms with van der Waals surface area (Å²) in [7, 11) is 0. The molecule has 1 heterocycles. The van der Waals surface area contributed by atoms with Crippen LogP contribution in [0.1, 0.15) is 63.4 Å². The molecule has 0 spiro atoms. The Kier molecular flexibility index (Phi) is 8.18. The first-order valence-electron chi connectivity index (χ1n) is 15.4. The summed E-state index contributed by atoms with van der Waals surface area (Å²) in [6.07, 6.45) is 8.86. The monoisotopic (exact) mass is 572 g/mol. The molecule has 1 aliphatic heterocycles. The molecule has 2 aromatic carbocycles. The van der Waals surface area contributed by atoms with Crippen molar-refractivity contribution < 1.29 is 24.3 Å². The van der Waals surface area contributed by atoms with E-state index in [1.165, 1.54) is 12.1 Å². The first-order valence-corrected chi connectivity index (χ1v) is 15.4. The Hall–Kier alpha value is -3.88. The molecule has 4 amide bonds. The van der Waals surface area contributed by atoms with E-state index >= 15 is 0 Å². The minimum Gasteiger partial charge on any atom is -0.508 e. The largest absolute Gasteiger partial charge is 0.508 e. The predicted molar refractivity (Wildman–Crippen MR) is 159 cm³/mol. The predicted octanol–water partition coefficient (Wildman–Crippen LogP) is 3.68. The Morgan fingerprint density at radius 2 is 1.33 bits per heavy atom. The molecule has 2 aromatic rings. The number of benzene rings is 2. The second kappa shape index (κ2) is 12.2. The van der Waals surface area contributed by atoms with Gasteiger partial charge in [-0.15, -0.1) is 0 Å². The third-order valence-electron chi connectivity index (χ3n) is 9.03. The number of amides is 4. The van der Waals surface area contributed by atoms with Crippen molar-refractivity contribution in [1.29, 1.82) is 0 Å². The van der Waals surface area contributed by atoms with Crippen molar-refractivity contribution in [3.63, 3.8) is 0 Å². The average Bonchev–Trinajstić information content (AvgIpc) is 3.93. The standard InChI is InChI=1S/C33H40N4O5/c38-25-15-13-22(14-16-25)17-26(34-29(39)18-21-5-1-2-6-21)31(40)35-30-32(41)36(19-23-9-10-23)27-7-3-4-8-28(27)37(33(30)42)20-24-11-12-24/h3-4,7-8,13-16,21,23-24,26,30,38H,1-2,5-6,9-12,17-20H2,(H,34,39)(H,35,40)/t26-/m0/s1. The molecule has 0 radical (unpaired) electrons. The number of hydrogen-bond acceptors (Lipinski definition) is 5. The van der Waals surface area contributed by atoms with E-state index in [2.05, 4.69) is 10.6 Å². The zero-order valence-electron chi connectivity index (χ0n) is 24.0. The number of nitrogens with zero attached hydrogens (tertiary/aromatic N) is 2. The number of phenolic OH excluding ortho intramolecular Hbond substituents is 1. The van der Waals surface area contributed by atoms with Gasteiger partial charge in [-0.1, -0.05) is 37.1 Å². The topological polar surface area (TPSA) is 119 Å². The Bertz CT molecular complexity index is 1280. The SMILES string of the molecule is O=C(CC1CCCC1)N[C@@H](Cc1ccc(O)cc1)C(=O)NC1C(=O)N(CC2CC2)c2ccccc2N(CC2CC2)C1=O. The van der Waals surface area contributed by atoms with E-state index < -0.39 is 29.8 Å². The summed E-state index contributed by atoms with van der Waals surface area (Å²) >= 11 is 0.